The fourth-order valence-electron chi connectivity index (χ4n) is 2.46. The molecule has 0 aromatic rings. The number of nitrogens with zero attached hydrogens (tertiary/aromatic N) is 1. The summed E-state index contributed by atoms with van der Waals surface area (Å²) in [4.78, 5) is 13.5. The van der Waals surface area contributed by atoms with E-state index in [1.807, 2.05) is 4.90 Å². The van der Waals surface area contributed by atoms with E-state index in [4.69, 9.17) is 0 Å². The van der Waals surface area contributed by atoms with Gasteiger partial charge in [-0.15, -0.1) is 0 Å². The number of rotatable bonds is 1. The summed E-state index contributed by atoms with van der Waals surface area (Å²) in [5, 5.41) is 3.44. The number of fused-ring (bicyclic) bond motifs is 1. The molecule has 2 aliphatic heterocycles. The lowest BCUT2D eigenvalue weighted by Crippen LogP contribution is -2.50. The first kappa shape index (κ1) is 8.75. The molecule has 2 unspecified atom stereocenters. The highest BCUT2D eigenvalue weighted by Gasteiger charge is 2.36. The number of carbonyl (C=O) groups is 1. The average Bonchev–Trinajstić information content (AvgIpc) is 2.63. The molecule has 13 heavy (non-hydrogen) atoms. The Kier molecular flexibility index (Phi) is 2.36. The molecular weight excluding hydrogens is 164 g/mol. The summed E-state index contributed by atoms with van der Waals surface area (Å²) in [5.41, 5.74) is 0. The Hall–Kier alpha value is -0.830. The highest BCUT2D eigenvalue weighted by Crippen LogP contribution is 2.24. The predicted octanol–water partition coefficient (Wildman–Crippen LogP) is 0.525. The van der Waals surface area contributed by atoms with Crippen LogP contribution in [0.1, 0.15) is 19.3 Å². The number of likely N-dealkylation sites (tertiary alicyclic amines) is 1. The number of hydrogen-bond donors (Lipinski definition) is 1. The molecule has 2 aliphatic rings. The molecule has 0 aromatic heterocycles. The molecule has 3 nitrogen and oxygen atoms in total. The third-order valence-corrected chi connectivity index (χ3v) is 3.08. The van der Waals surface area contributed by atoms with Crippen LogP contribution in [0, 0.1) is 0 Å². The van der Waals surface area contributed by atoms with Crippen molar-refractivity contribution in [3.05, 3.63) is 12.7 Å². The van der Waals surface area contributed by atoms with Crippen LogP contribution in [0.4, 0.5) is 0 Å². The van der Waals surface area contributed by atoms with Crippen molar-refractivity contribution in [3.8, 4) is 0 Å². The van der Waals surface area contributed by atoms with E-state index in [-0.39, 0.29) is 5.91 Å². The van der Waals surface area contributed by atoms with Crippen LogP contribution < -0.4 is 5.32 Å². The van der Waals surface area contributed by atoms with Gasteiger partial charge in [-0.3, -0.25) is 4.79 Å². The van der Waals surface area contributed by atoms with Crippen molar-refractivity contribution < 1.29 is 4.79 Å². The molecule has 2 saturated heterocycles. The summed E-state index contributed by atoms with van der Waals surface area (Å²) in [6.45, 7) is 5.50. The van der Waals surface area contributed by atoms with Gasteiger partial charge in [-0.2, -0.15) is 0 Å². The molecule has 0 radical (unpaired) electrons. The molecule has 0 bridgehead atoms. The van der Waals surface area contributed by atoms with Crippen LogP contribution in [0.5, 0.6) is 0 Å². The van der Waals surface area contributed by atoms with Gasteiger partial charge in [0.2, 0.25) is 5.91 Å². The van der Waals surface area contributed by atoms with Gasteiger partial charge in [0.05, 0.1) is 0 Å². The second-order valence-electron chi connectivity index (χ2n) is 3.79. The Labute approximate surface area is 78.8 Å². The Morgan fingerprint density at radius 2 is 2.38 bits per heavy atom. The van der Waals surface area contributed by atoms with E-state index in [1.54, 1.807) is 0 Å². The lowest BCUT2D eigenvalue weighted by molar-refractivity contribution is -0.129. The highest BCUT2D eigenvalue weighted by molar-refractivity contribution is 5.87. The zero-order valence-electron chi connectivity index (χ0n) is 7.83. The molecule has 1 amide bonds. The molecule has 2 rings (SSSR count). The first-order chi connectivity index (χ1) is 6.33. The number of carbonyl (C=O) groups excluding carboxylic acids is 1. The zero-order chi connectivity index (χ0) is 9.26. The summed E-state index contributed by atoms with van der Waals surface area (Å²) >= 11 is 0. The summed E-state index contributed by atoms with van der Waals surface area (Å²) < 4.78 is 0. The molecule has 2 fully saturated rings. The first-order valence-electron chi connectivity index (χ1n) is 4.99. The number of nitrogens with one attached hydrogen (secondary N) is 1. The van der Waals surface area contributed by atoms with Crippen molar-refractivity contribution in [1.29, 1.82) is 0 Å². The lowest BCUT2D eigenvalue weighted by Gasteiger charge is -2.36. The molecule has 0 saturated carbocycles. The SMILES string of the molecule is C=CC(=O)N1CCCC2NCCC21. The smallest absolute Gasteiger partial charge is 0.246 e. The Balaban J connectivity index is 2.09. The molecule has 72 valence electrons. The highest BCUT2D eigenvalue weighted by atomic mass is 16.2. The zero-order valence-corrected chi connectivity index (χ0v) is 7.83. The third-order valence-electron chi connectivity index (χ3n) is 3.08. The minimum atomic E-state index is 0.0957. The van der Waals surface area contributed by atoms with Gasteiger partial charge < -0.3 is 10.2 Å². The van der Waals surface area contributed by atoms with Gasteiger partial charge in [0.15, 0.2) is 0 Å². The van der Waals surface area contributed by atoms with Crippen LogP contribution in [0.3, 0.4) is 0 Å². The average molecular weight is 180 g/mol. The van der Waals surface area contributed by atoms with Crippen molar-refractivity contribution in [1.82, 2.24) is 10.2 Å². The van der Waals surface area contributed by atoms with Gasteiger partial charge in [0.25, 0.3) is 0 Å². The van der Waals surface area contributed by atoms with Gasteiger partial charge in [-0.1, -0.05) is 6.58 Å². The van der Waals surface area contributed by atoms with Crippen molar-refractivity contribution in [2.75, 3.05) is 13.1 Å². The van der Waals surface area contributed by atoms with Crippen LogP contribution in [0.15, 0.2) is 12.7 Å². The van der Waals surface area contributed by atoms with Gasteiger partial charge in [0.1, 0.15) is 0 Å². The third kappa shape index (κ3) is 1.48. The molecule has 0 aliphatic carbocycles. The molecule has 0 aromatic carbocycles. The topological polar surface area (TPSA) is 32.3 Å². The van der Waals surface area contributed by atoms with Gasteiger partial charge >= 0.3 is 0 Å². The maximum Gasteiger partial charge on any atom is 0.246 e. The summed E-state index contributed by atoms with van der Waals surface area (Å²) in [5.74, 6) is 0.0957. The van der Waals surface area contributed by atoms with E-state index < -0.39 is 0 Å². The minimum Gasteiger partial charge on any atom is -0.335 e. The number of piperidine rings is 1. The standard InChI is InChI=1S/C10H16N2O/c1-2-10(13)12-7-3-4-8-9(12)5-6-11-8/h2,8-9,11H,1,3-7H2. The van der Waals surface area contributed by atoms with Gasteiger partial charge in [-0.05, 0) is 31.9 Å². The molecular formula is C10H16N2O. The Bertz CT molecular complexity index is 227. The van der Waals surface area contributed by atoms with Gasteiger partial charge in [-0.25, -0.2) is 0 Å². The summed E-state index contributed by atoms with van der Waals surface area (Å²) in [7, 11) is 0. The number of amides is 1. The second kappa shape index (κ2) is 3.50. The quantitative estimate of drug-likeness (QED) is 0.597. The summed E-state index contributed by atoms with van der Waals surface area (Å²) in [6, 6.07) is 0.969. The van der Waals surface area contributed by atoms with Crippen LogP contribution in [-0.4, -0.2) is 36.0 Å². The molecule has 2 heterocycles. The Morgan fingerprint density at radius 3 is 3.15 bits per heavy atom. The van der Waals surface area contributed by atoms with E-state index in [0.29, 0.717) is 12.1 Å². The van der Waals surface area contributed by atoms with E-state index in [1.165, 1.54) is 12.5 Å². The normalized spacial score (nSPS) is 32.8. The fraction of sp³-hybridized carbons (Fsp3) is 0.700. The maximum absolute atomic E-state index is 11.5. The monoisotopic (exact) mass is 180 g/mol. The molecule has 0 spiro atoms. The van der Waals surface area contributed by atoms with Crippen LogP contribution in [0.25, 0.3) is 0 Å². The van der Waals surface area contributed by atoms with E-state index >= 15 is 0 Å². The Morgan fingerprint density at radius 1 is 1.54 bits per heavy atom. The lowest BCUT2D eigenvalue weighted by atomic mass is 9.97. The van der Waals surface area contributed by atoms with Crippen molar-refractivity contribution in [2.45, 2.75) is 31.3 Å². The minimum absolute atomic E-state index is 0.0957. The second-order valence-corrected chi connectivity index (χ2v) is 3.79. The molecule has 3 heteroatoms. The fourth-order valence-corrected chi connectivity index (χ4v) is 2.46. The van der Waals surface area contributed by atoms with E-state index in [2.05, 4.69) is 11.9 Å². The van der Waals surface area contributed by atoms with Gasteiger partial charge in [0, 0.05) is 18.6 Å². The van der Waals surface area contributed by atoms with Crippen molar-refractivity contribution in [2.24, 2.45) is 0 Å². The van der Waals surface area contributed by atoms with Crippen LogP contribution >= 0.6 is 0 Å². The molecule has 1 N–H and O–H groups in total. The maximum atomic E-state index is 11.5. The van der Waals surface area contributed by atoms with E-state index in [0.717, 1.165) is 25.9 Å². The predicted molar refractivity (Wildman–Crippen MR) is 51.3 cm³/mol. The summed E-state index contributed by atoms with van der Waals surface area (Å²) in [6.07, 6.45) is 4.87. The molecule has 2 atom stereocenters. The van der Waals surface area contributed by atoms with E-state index in [9.17, 15) is 4.79 Å². The van der Waals surface area contributed by atoms with Crippen LogP contribution in [-0.2, 0) is 4.79 Å². The first-order valence-corrected chi connectivity index (χ1v) is 4.99. The largest absolute Gasteiger partial charge is 0.335 e. The van der Waals surface area contributed by atoms with Crippen LogP contribution in [0.2, 0.25) is 0 Å². The number of hydrogen-bond acceptors (Lipinski definition) is 2. The van der Waals surface area contributed by atoms with Crippen molar-refractivity contribution >= 4 is 5.91 Å². The van der Waals surface area contributed by atoms with Crippen molar-refractivity contribution in [3.63, 3.8) is 0 Å².